The molecule has 0 bridgehead atoms. The Balaban J connectivity index is 1.57. The van der Waals surface area contributed by atoms with Crippen LogP contribution in [0.15, 0.2) is 0 Å². The molecule has 0 radical (unpaired) electrons. The maximum atomic E-state index is 9.38. The highest BCUT2D eigenvalue weighted by molar-refractivity contribution is 4.95. The molecule has 4 nitrogen and oxygen atoms in total. The predicted molar refractivity (Wildman–Crippen MR) is 63.4 cm³/mol. The fraction of sp³-hybridized carbons (Fsp3) is 1.00. The van der Waals surface area contributed by atoms with Gasteiger partial charge < -0.3 is 20.5 Å². The molecule has 0 aromatic heterocycles. The van der Waals surface area contributed by atoms with E-state index in [1.165, 1.54) is 19.3 Å². The van der Waals surface area contributed by atoms with Gasteiger partial charge in [-0.3, -0.25) is 0 Å². The number of methoxy groups -OCH3 is 1. The van der Waals surface area contributed by atoms with Crippen LogP contribution in [0.4, 0.5) is 0 Å². The standard InChI is InChI=1S/C12H24N2O2/c1-16-5-4-12(2-3-12)9-13-7-10-6-11(15)8-14-10/h10-11,13-15H,2-9H2,1H3. The van der Waals surface area contributed by atoms with Crippen molar-refractivity contribution in [2.75, 3.05) is 33.4 Å². The first-order valence-corrected chi connectivity index (χ1v) is 6.35. The predicted octanol–water partition coefficient (Wildman–Crippen LogP) is 0.116. The van der Waals surface area contributed by atoms with Crippen molar-refractivity contribution in [3.8, 4) is 0 Å². The van der Waals surface area contributed by atoms with Crippen LogP contribution >= 0.6 is 0 Å². The van der Waals surface area contributed by atoms with Gasteiger partial charge in [0.05, 0.1) is 6.10 Å². The highest BCUT2D eigenvalue weighted by atomic mass is 16.5. The number of nitrogens with one attached hydrogen (secondary N) is 2. The van der Waals surface area contributed by atoms with Crippen LogP contribution in [0, 0.1) is 5.41 Å². The third-order valence-corrected chi connectivity index (χ3v) is 3.88. The van der Waals surface area contributed by atoms with Gasteiger partial charge >= 0.3 is 0 Å². The number of ether oxygens (including phenoxy) is 1. The van der Waals surface area contributed by atoms with E-state index in [4.69, 9.17) is 4.74 Å². The van der Waals surface area contributed by atoms with E-state index in [-0.39, 0.29) is 6.10 Å². The van der Waals surface area contributed by atoms with E-state index >= 15 is 0 Å². The van der Waals surface area contributed by atoms with Crippen LogP contribution in [0.25, 0.3) is 0 Å². The number of β-amino-alcohol motifs (C(OH)–C–C–N with tert-alkyl or cyclic N) is 1. The summed E-state index contributed by atoms with van der Waals surface area (Å²) in [5.74, 6) is 0. The summed E-state index contributed by atoms with van der Waals surface area (Å²) in [6.07, 6.45) is 4.60. The Morgan fingerprint density at radius 3 is 2.88 bits per heavy atom. The third-order valence-electron chi connectivity index (χ3n) is 3.88. The lowest BCUT2D eigenvalue weighted by Crippen LogP contribution is -2.36. The lowest BCUT2D eigenvalue weighted by molar-refractivity contribution is 0.171. The molecule has 16 heavy (non-hydrogen) atoms. The molecule has 3 N–H and O–H groups in total. The maximum absolute atomic E-state index is 9.38. The lowest BCUT2D eigenvalue weighted by Gasteiger charge is -2.17. The number of hydrogen-bond acceptors (Lipinski definition) is 4. The summed E-state index contributed by atoms with van der Waals surface area (Å²) in [4.78, 5) is 0. The van der Waals surface area contributed by atoms with Crippen molar-refractivity contribution < 1.29 is 9.84 Å². The molecular weight excluding hydrogens is 204 g/mol. The van der Waals surface area contributed by atoms with Crippen LogP contribution in [-0.4, -0.2) is 50.6 Å². The summed E-state index contributed by atoms with van der Waals surface area (Å²) in [7, 11) is 1.77. The molecule has 94 valence electrons. The summed E-state index contributed by atoms with van der Waals surface area (Å²) in [5, 5.41) is 16.2. The van der Waals surface area contributed by atoms with Crippen molar-refractivity contribution in [1.82, 2.24) is 10.6 Å². The molecule has 1 saturated heterocycles. The van der Waals surface area contributed by atoms with Crippen LogP contribution in [0.5, 0.6) is 0 Å². The van der Waals surface area contributed by atoms with Crippen molar-refractivity contribution in [2.45, 2.75) is 37.8 Å². The number of hydrogen-bond donors (Lipinski definition) is 3. The lowest BCUT2D eigenvalue weighted by atomic mass is 10.0. The summed E-state index contributed by atoms with van der Waals surface area (Å²) in [6, 6.07) is 0.452. The van der Waals surface area contributed by atoms with E-state index in [1.54, 1.807) is 7.11 Å². The normalized spacial score (nSPS) is 31.9. The molecule has 0 amide bonds. The van der Waals surface area contributed by atoms with E-state index in [1.807, 2.05) is 0 Å². The third kappa shape index (κ3) is 3.42. The Labute approximate surface area is 97.7 Å². The summed E-state index contributed by atoms with van der Waals surface area (Å²) in [5.41, 5.74) is 0.521. The molecule has 1 saturated carbocycles. The Kier molecular flexibility index (Phi) is 4.19. The van der Waals surface area contributed by atoms with E-state index in [0.29, 0.717) is 11.5 Å². The average Bonchev–Trinajstić information content (AvgIpc) is 2.92. The fourth-order valence-corrected chi connectivity index (χ4v) is 2.48. The molecule has 2 rings (SSSR count). The van der Waals surface area contributed by atoms with Crippen molar-refractivity contribution in [2.24, 2.45) is 5.41 Å². The smallest absolute Gasteiger partial charge is 0.0680 e. The molecule has 2 atom stereocenters. The molecule has 0 spiro atoms. The first-order valence-electron chi connectivity index (χ1n) is 6.35. The maximum Gasteiger partial charge on any atom is 0.0680 e. The van der Waals surface area contributed by atoms with Gasteiger partial charge in [-0.15, -0.1) is 0 Å². The number of aliphatic hydroxyl groups is 1. The zero-order chi connectivity index (χ0) is 11.4. The van der Waals surface area contributed by atoms with Gasteiger partial charge in [0.15, 0.2) is 0 Å². The Morgan fingerprint density at radius 1 is 1.50 bits per heavy atom. The number of aliphatic hydroxyl groups excluding tert-OH is 1. The average molecular weight is 228 g/mol. The highest BCUT2D eigenvalue weighted by Gasteiger charge is 2.41. The molecule has 1 aliphatic carbocycles. The largest absolute Gasteiger partial charge is 0.392 e. The minimum Gasteiger partial charge on any atom is -0.392 e. The molecule has 4 heteroatoms. The first-order chi connectivity index (χ1) is 7.74. The molecule has 2 aliphatic rings. The van der Waals surface area contributed by atoms with Gasteiger partial charge in [-0.1, -0.05) is 0 Å². The van der Waals surface area contributed by atoms with Crippen molar-refractivity contribution in [3.05, 3.63) is 0 Å². The van der Waals surface area contributed by atoms with Gasteiger partial charge in [0.2, 0.25) is 0 Å². The molecule has 1 heterocycles. The molecule has 0 aromatic carbocycles. The van der Waals surface area contributed by atoms with E-state index in [2.05, 4.69) is 10.6 Å². The van der Waals surface area contributed by atoms with Gasteiger partial charge in [-0.25, -0.2) is 0 Å². The minimum absolute atomic E-state index is 0.143. The molecule has 2 fully saturated rings. The van der Waals surface area contributed by atoms with Crippen molar-refractivity contribution in [1.29, 1.82) is 0 Å². The van der Waals surface area contributed by atoms with Gasteiger partial charge in [-0.05, 0) is 31.1 Å². The van der Waals surface area contributed by atoms with Crippen molar-refractivity contribution in [3.63, 3.8) is 0 Å². The monoisotopic (exact) mass is 228 g/mol. The van der Waals surface area contributed by atoms with Crippen LogP contribution in [-0.2, 0) is 4.74 Å². The molecular formula is C12H24N2O2. The molecule has 2 unspecified atom stereocenters. The van der Waals surface area contributed by atoms with Crippen LogP contribution in [0.1, 0.15) is 25.7 Å². The zero-order valence-electron chi connectivity index (χ0n) is 10.2. The quantitative estimate of drug-likeness (QED) is 0.579. The fourth-order valence-electron chi connectivity index (χ4n) is 2.48. The van der Waals surface area contributed by atoms with Gasteiger partial charge in [0.25, 0.3) is 0 Å². The second-order valence-electron chi connectivity index (χ2n) is 5.37. The Hall–Kier alpha value is -0.160. The zero-order valence-corrected chi connectivity index (χ0v) is 10.2. The molecule has 0 aromatic rings. The van der Waals surface area contributed by atoms with Crippen LogP contribution in [0.3, 0.4) is 0 Å². The van der Waals surface area contributed by atoms with E-state index < -0.39 is 0 Å². The molecule has 1 aliphatic heterocycles. The topological polar surface area (TPSA) is 53.5 Å². The highest BCUT2D eigenvalue weighted by Crippen LogP contribution is 2.48. The van der Waals surface area contributed by atoms with Gasteiger partial charge in [0, 0.05) is 39.4 Å². The first kappa shape index (κ1) is 12.3. The van der Waals surface area contributed by atoms with Gasteiger partial charge in [0.1, 0.15) is 0 Å². The number of rotatable bonds is 7. The summed E-state index contributed by atoms with van der Waals surface area (Å²) in [6.45, 7) is 3.71. The Bertz CT molecular complexity index is 219. The summed E-state index contributed by atoms with van der Waals surface area (Å²) < 4.78 is 5.14. The van der Waals surface area contributed by atoms with E-state index in [0.717, 1.165) is 32.7 Å². The second-order valence-corrected chi connectivity index (χ2v) is 5.37. The van der Waals surface area contributed by atoms with Crippen LogP contribution in [0.2, 0.25) is 0 Å². The summed E-state index contributed by atoms with van der Waals surface area (Å²) >= 11 is 0. The minimum atomic E-state index is -0.143. The van der Waals surface area contributed by atoms with Crippen LogP contribution < -0.4 is 10.6 Å². The van der Waals surface area contributed by atoms with E-state index in [9.17, 15) is 5.11 Å². The second kappa shape index (κ2) is 5.45. The SMILES string of the molecule is COCCC1(CNCC2CC(O)CN2)CC1. The van der Waals surface area contributed by atoms with Crippen molar-refractivity contribution >= 4 is 0 Å². The van der Waals surface area contributed by atoms with Gasteiger partial charge in [-0.2, -0.15) is 0 Å². The Morgan fingerprint density at radius 2 is 2.31 bits per heavy atom.